The van der Waals surface area contributed by atoms with Gasteiger partial charge in [0.1, 0.15) is 5.65 Å². The Labute approximate surface area is 176 Å². The van der Waals surface area contributed by atoms with E-state index in [2.05, 4.69) is 23.1 Å². The zero-order valence-electron chi connectivity index (χ0n) is 17.0. The molecule has 1 aliphatic rings. The summed E-state index contributed by atoms with van der Waals surface area (Å²) < 4.78 is 26.9. The van der Waals surface area contributed by atoms with Crippen molar-refractivity contribution in [1.82, 2.24) is 19.0 Å². The number of sulfonamides is 1. The summed E-state index contributed by atoms with van der Waals surface area (Å²) in [7, 11) is -3.29. The highest BCUT2D eigenvalue weighted by Crippen LogP contribution is 2.41. The van der Waals surface area contributed by atoms with E-state index in [-0.39, 0.29) is 24.3 Å². The third-order valence-electron chi connectivity index (χ3n) is 5.85. The lowest BCUT2D eigenvalue weighted by molar-refractivity contribution is -0.132. The number of imidazole rings is 1. The smallest absolute Gasteiger partial charge is 0.223 e. The van der Waals surface area contributed by atoms with E-state index in [4.69, 9.17) is 4.98 Å². The second-order valence-corrected chi connectivity index (χ2v) is 9.67. The molecule has 1 aliphatic heterocycles. The summed E-state index contributed by atoms with van der Waals surface area (Å²) >= 11 is 0. The van der Waals surface area contributed by atoms with Gasteiger partial charge in [0.25, 0.3) is 0 Å². The zero-order valence-corrected chi connectivity index (χ0v) is 17.8. The van der Waals surface area contributed by atoms with Crippen LogP contribution in [0.1, 0.15) is 30.5 Å². The molecule has 0 spiro atoms. The molecule has 3 aromatic rings. The van der Waals surface area contributed by atoms with Gasteiger partial charge in [-0.15, -0.1) is 0 Å². The maximum Gasteiger partial charge on any atom is 0.223 e. The molecule has 0 aliphatic carbocycles. The van der Waals surface area contributed by atoms with E-state index < -0.39 is 10.0 Å². The number of hydrogen-bond donors (Lipinski definition) is 1. The van der Waals surface area contributed by atoms with Gasteiger partial charge in [-0.2, -0.15) is 0 Å². The average molecular weight is 427 g/mol. The number of likely N-dealkylation sites (tertiary alicyclic amines) is 1. The molecule has 1 amide bonds. The number of piperidine rings is 1. The summed E-state index contributed by atoms with van der Waals surface area (Å²) in [5, 5.41) is 0. The van der Waals surface area contributed by atoms with Crippen LogP contribution in [0.2, 0.25) is 0 Å². The third kappa shape index (κ3) is 4.24. The first-order valence-corrected chi connectivity index (χ1v) is 12.0. The van der Waals surface area contributed by atoms with E-state index in [1.807, 2.05) is 51.9 Å². The predicted octanol–water partition coefficient (Wildman–Crippen LogP) is 2.18. The van der Waals surface area contributed by atoms with Crippen molar-refractivity contribution in [1.29, 1.82) is 0 Å². The Bertz CT molecular complexity index is 1100. The molecule has 0 unspecified atom stereocenters. The molecule has 30 heavy (non-hydrogen) atoms. The molecule has 8 heteroatoms. The predicted molar refractivity (Wildman–Crippen MR) is 116 cm³/mol. The lowest BCUT2D eigenvalue weighted by Gasteiger charge is -2.41. The molecule has 3 heterocycles. The number of benzene rings is 1. The number of nitrogens with zero attached hydrogens (tertiary/aromatic N) is 3. The fourth-order valence-electron chi connectivity index (χ4n) is 4.25. The molecule has 7 nitrogen and oxygen atoms in total. The van der Waals surface area contributed by atoms with Gasteiger partial charge in [0.15, 0.2) is 0 Å². The van der Waals surface area contributed by atoms with Crippen molar-refractivity contribution in [3.05, 3.63) is 72.2 Å². The second-order valence-electron chi connectivity index (χ2n) is 7.84. The minimum absolute atomic E-state index is 0.0252. The van der Waals surface area contributed by atoms with Gasteiger partial charge >= 0.3 is 0 Å². The van der Waals surface area contributed by atoms with Crippen LogP contribution in [0.5, 0.6) is 0 Å². The van der Waals surface area contributed by atoms with Crippen molar-refractivity contribution in [3.63, 3.8) is 0 Å². The molecule has 1 saturated heterocycles. The topological polar surface area (TPSA) is 83.8 Å². The van der Waals surface area contributed by atoms with Crippen LogP contribution in [0, 0.1) is 0 Å². The summed E-state index contributed by atoms with van der Waals surface area (Å²) in [4.78, 5) is 19.3. The number of carbonyl (C=O) groups excluding carboxylic acids is 1. The first kappa shape index (κ1) is 20.6. The Balaban J connectivity index is 1.55. The first-order valence-electron chi connectivity index (χ1n) is 10.1. The Morgan fingerprint density at radius 2 is 1.80 bits per heavy atom. The zero-order chi connectivity index (χ0) is 21.2. The standard InChI is InChI=1S/C22H26N4O3S/c1-30(28,29)23-13-10-21(27)25-15-11-22(12-16-25,18-7-3-2-4-8-18)19-17-26-14-6-5-9-20(26)24-19/h2-9,14,17,23H,10-13,15-16H2,1H3. The van der Waals surface area contributed by atoms with Crippen LogP contribution in [-0.2, 0) is 20.2 Å². The highest BCUT2D eigenvalue weighted by Gasteiger charge is 2.40. The van der Waals surface area contributed by atoms with Crippen LogP contribution in [0.25, 0.3) is 5.65 Å². The van der Waals surface area contributed by atoms with Gasteiger partial charge in [-0.3, -0.25) is 4.79 Å². The summed E-state index contributed by atoms with van der Waals surface area (Å²) in [6.07, 6.45) is 6.90. The first-order chi connectivity index (χ1) is 14.4. The van der Waals surface area contributed by atoms with Gasteiger partial charge in [0.05, 0.1) is 11.9 Å². The normalized spacial score (nSPS) is 16.6. The summed E-state index contributed by atoms with van der Waals surface area (Å²) in [5.74, 6) is -0.0252. The maximum atomic E-state index is 12.6. The number of hydrogen-bond acceptors (Lipinski definition) is 4. The third-order valence-corrected chi connectivity index (χ3v) is 6.58. The van der Waals surface area contributed by atoms with E-state index in [1.54, 1.807) is 0 Å². The molecule has 1 fully saturated rings. The Morgan fingerprint density at radius 1 is 1.10 bits per heavy atom. The summed E-state index contributed by atoms with van der Waals surface area (Å²) in [6, 6.07) is 16.3. The van der Waals surface area contributed by atoms with Crippen molar-refractivity contribution < 1.29 is 13.2 Å². The molecular formula is C22H26N4O3S. The van der Waals surface area contributed by atoms with Gasteiger partial charge in [0.2, 0.25) is 15.9 Å². The van der Waals surface area contributed by atoms with Crippen molar-refractivity contribution in [2.75, 3.05) is 25.9 Å². The van der Waals surface area contributed by atoms with E-state index >= 15 is 0 Å². The largest absolute Gasteiger partial charge is 0.343 e. The molecule has 0 bridgehead atoms. The number of fused-ring (bicyclic) bond motifs is 1. The number of nitrogens with one attached hydrogen (secondary N) is 1. The Kier molecular flexibility index (Phi) is 5.62. The lowest BCUT2D eigenvalue weighted by atomic mass is 9.70. The molecule has 1 aromatic carbocycles. The van der Waals surface area contributed by atoms with Crippen molar-refractivity contribution in [2.45, 2.75) is 24.7 Å². The molecular weight excluding hydrogens is 400 g/mol. The van der Waals surface area contributed by atoms with Crippen LogP contribution in [0.4, 0.5) is 0 Å². The highest BCUT2D eigenvalue weighted by atomic mass is 32.2. The number of pyridine rings is 1. The van der Waals surface area contributed by atoms with Crippen molar-refractivity contribution in [2.24, 2.45) is 0 Å². The summed E-state index contributed by atoms with van der Waals surface area (Å²) in [6.45, 7) is 1.35. The minimum Gasteiger partial charge on any atom is -0.343 e. The van der Waals surface area contributed by atoms with Crippen LogP contribution in [-0.4, -0.2) is 54.5 Å². The number of rotatable bonds is 6. The summed E-state index contributed by atoms with van der Waals surface area (Å²) in [5.41, 5.74) is 2.88. The molecule has 0 atom stereocenters. The lowest BCUT2D eigenvalue weighted by Crippen LogP contribution is -2.46. The maximum absolute atomic E-state index is 12.6. The molecule has 4 rings (SSSR count). The fraction of sp³-hybridized carbons (Fsp3) is 0.364. The molecule has 2 aromatic heterocycles. The Morgan fingerprint density at radius 3 is 2.47 bits per heavy atom. The van der Waals surface area contributed by atoms with Crippen molar-refractivity contribution in [3.8, 4) is 0 Å². The van der Waals surface area contributed by atoms with Gasteiger partial charge in [-0.05, 0) is 30.5 Å². The van der Waals surface area contributed by atoms with Gasteiger partial charge in [-0.1, -0.05) is 36.4 Å². The number of carbonyl (C=O) groups is 1. The molecule has 158 valence electrons. The van der Waals surface area contributed by atoms with E-state index in [1.165, 1.54) is 5.56 Å². The molecule has 0 saturated carbocycles. The minimum atomic E-state index is -3.29. The van der Waals surface area contributed by atoms with E-state index in [9.17, 15) is 13.2 Å². The van der Waals surface area contributed by atoms with Crippen LogP contribution in [0.3, 0.4) is 0 Å². The average Bonchev–Trinajstić information content (AvgIpc) is 3.18. The number of aromatic nitrogens is 2. The van der Waals surface area contributed by atoms with Crippen LogP contribution < -0.4 is 4.72 Å². The van der Waals surface area contributed by atoms with Crippen LogP contribution >= 0.6 is 0 Å². The SMILES string of the molecule is CS(=O)(=O)NCCC(=O)N1CCC(c2ccccc2)(c2cn3ccccc3n2)CC1. The monoisotopic (exact) mass is 426 g/mol. The van der Waals surface area contributed by atoms with Crippen molar-refractivity contribution >= 4 is 21.6 Å². The Hall–Kier alpha value is -2.71. The van der Waals surface area contributed by atoms with Crippen LogP contribution in [0.15, 0.2) is 60.9 Å². The van der Waals surface area contributed by atoms with E-state index in [0.29, 0.717) is 13.1 Å². The van der Waals surface area contributed by atoms with Gasteiger partial charge < -0.3 is 9.30 Å². The fourth-order valence-corrected chi connectivity index (χ4v) is 4.73. The van der Waals surface area contributed by atoms with Gasteiger partial charge in [0, 0.05) is 43.9 Å². The second kappa shape index (κ2) is 8.20. The number of amides is 1. The van der Waals surface area contributed by atoms with E-state index in [0.717, 1.165) is 30.4 Å². The molecule has 0 radical (unpaired) electrons. The quantitative estimate of drug-likeness (QED) is 0.655. The molecule has 1 N–H and O–H groups in total. The highest BCUT2D eigenvalue weighted by molar-refractivity contribution is 7.88. The van der Waals surface area contributed by atoms with Gasteiger partial charge in [-0.25, -0.2) is 18.1 Å².